The zero-order chi connectivity index (χ0) is 13.4. The fourth-order valence-corrected chi connectivity index (χ4v) is 3.90. The minimum absolute atomic E-state index is 0.766. The second kappa shape index (κ2) is 5.06. The van der Waals surface area contributed by atoms with Crippen LogP contribution in [0, 0.1) is 5.92 Å². The molecule has 0 aromatic heterocycles. The lowest BCUT2D eigenvalue weighted by molar-refractivity contribution is 0.0871. The lowest BCUT2D eigenvalue weighted by Gasteiger charge is -2.45. The van der Waals surface area contributed by atoms with Crippen LogP contribution < -0.4 is 0 Å². The molecule has 0 saturated carbocycles. The van der Waals surface area contributed by atoms with Crippen LogP contribution in [0.25, 0.3) is 11.1 Å². The van der Waals surface area contributed by atoms with Crippen molar-refractivity contribution in [2.75, 3.05) is 19.6 Å². The summed E-state index contributed by atoms with van der Waals surface area (Å²) in [5.41, 5.74) is 4.18. The van der Waals surface area contributed by atoms with Crippen molar-refractivity contribution in [3.05, 3.63) is 60.2 Å². The Bertz CT molecular complexity index is 564. The molecule has 0 aliphatic carbocycles. The number of rotatable bonds is 2. The maximum atomic E-state index is 2.63. The first-order chi connectivity index (χ1) is 9.90. The molecule has 3 aliphatic heterocycles. The van der Waals surface area contributed by atoms with E-state index in [-0.39, 0.29) is 0 Å². The van der Waals surface area contributed by atoms with Crippen LogP contribution in [0.1, 0.15) is 24.3 Å². The average molecular weight is 263 g/mol. The van der Waals surface area contributed by atoms with Gasteiger partial charge in [0.05, 0.1) is 0 Å². The van der Waals surface area contributed by atoms with E-state index in [2.05, 4.69) is 59.5 Å². The van der Waals surface area contributed by atoms with E-state index in [4.69, 9.17) is 0 Å². The van der Waals surface area contributed by atoms with Crippen molar-refractivity contribution in [2.24, 2.45) is 5.92 Å². The second-order valence-corrected chi connectivity index (χ2v) is 6.23. The molecule has 3 heterocycles. The molecule has 3 aliphatic rings. The highest BCUT2D eigenvalue weighted by Crippen LogP contribution is 2.39. The van der Waals surface area contributed by atoms with Gasteiger partial charge in [0.2, 0.25) is 0 Å². The van der Waals surface area contributed by atoms with Crippen LogP contribution in [-0.4, -0.2) is 24.5 Å². The molecule has 1 nitrogen and oxygen atoms in total. The predicted octanol–water partition coefficient (Wildman–Crippen LogP) is 4.16. The van der Waals surface area contributed by atoms with Crippen molar-refractivity contribution in [3.8, 4) is 11.1 Å². The molecule has 1 atom stereocenters. The van der Waals surface area contributed by atoms with Gasteiger partial charge in [-0.2, -0.15) is 0 Å². The number of benzene rings is 2. The van der Waals surface area contributed by atoms with E-state index in [1.165, 1.54) is 43.6 Å². The zero-order valence-corrected chi connectivity index (χ0v) is 11.8. The van der Waals surface area contributed by atoms with E-state index in [0.29, 0.717) is 0 Å². The minimum atomic E-state index is 0.766. The van der Waals surface area contributed by atoms with Crippen LogP contribution in [-0.2, 0) is 0 Å². The molecular weight excluding hydrogens is 242 g/mol. The molecule has 2 aromatic rings. The van der Waals surface area contributed by atoms with Crippen LogP contribution in [0.2, 0.25) is 0 Å². The van der Waals surface area contributed by atoms with Gasteiger partial charge < -0.3 is 4.90 Å². The molecule has 20 heavy (non-hydrogen) atoms. The number of piperidine rings is 3. The van der Waals surface area contributed by atoms with E-state index in [0.717, 1.165) is 11.8 Å². The maximum Gasteiger partial charge on any atom is 0.00530 e. The first-order valence-electron chi connectivity index (χ1n) is 7.78. The summed E-state index contributed by atoms with van der Waals surface area (Å²) in [5.74, 6) is 1.69. The van der Waals surface area contributed by atoms with Crippen molar-refractivity contribution in [2.45, 2.75) is 18.8 Å². The van der Waals surface area contributed by atoms with Gasteiger partial charge in [0, 0.05) is 6.54 Å². The highest BCUT2D eigenvalue weighted by Gasteiger charge is 2.34. The van der Waals surface area contributed by atoms with Gasteiger partial charge in [-0.25, -0.2) is 0 Å². The van der Waals surface area contributed by atoms with Gasteiger partial charge in [0.25, 0.3) is 0 Å². The monoisotopic (exact) mass is 263 g/mol. The fraction of sp³-hybridized carbons (Fsp3) is 0.368. The Balaban J connectivity index is 1.59. The molecule has 0 amide bonds. The summed E-state index contributed by atoms with van der Waals surface area (Å²) in [6.45, 7) is 3.92. The van der Waals surface area contributed by atoms with Gasteiger partial charge in [-0.1, -0.05) is 54.6 Å². The molecule has 3 saturated heterocycles. The summed E-state index contributed by atoms with van der Waals surface area (Å²) >= 11 is 0. The van der Waals surface area contributed by atoms with Crippen LogP contribution in [0.5, 0.6) is 0 Å². The Morgan fingerprint density at radius 3 is 2.00 bits per heavy atom. The van der Waals surface area contributed by atoms with E-state index in [1.807, 2.05) is 0 Å². The first kappa shape index (κ1) is 12.2. The van der Waals surface area contributed by atoms with Crippen LogP contribution in [0.15, 0.2) is 54.6 Å². The Morgan fingerprint density at radius 1 is 0.750 bits per heavy atom. The Hall–Kier alpha value is -1.60. The first-order valence-corrected chi connectivity index (χ1v) is 7.78. The maximum absolute atomic E-state index is 2.63. The summed E-state index contributed by atoms with van der Waals surface area (Å²) < 4.78 is 0. The highest BCUT2D eigenvalue weighted by atomic mass is 15.1. The van der Waals surface area contributed by atoms with Gasteiger partial charge in [0.15, 0.2) is 0 Å². The Morgan fingerprint density at radius 2 is 1.40 bits per heavy atom. The third kappa shape index (κ3) is 2.16. The van der Waals surface area contributed by atoms with E-state index >= 15 is 0 Å². The smallest absolute Gasteiger partial charge is 0.00530 e. The van der Waals surface area contributed by atoms with Crippen molar-refractivity contribution in [1.82, 2.24) is 4.90 Å². The molecule has 0 N–H and O–H groups in total. The molecule has 0 radical (unpaired) electrons. The molecule has 0 unspecified atom stereocenters. The summed E-state index contributed by atoms with van der Waals surface area (Å²) in [6.07, 6.45) is 2.79. The molecule has 2 bridgehead atoms. The zero-order valence-electron chi connectivity index (χ0n) is 11.8. The third-order valence-corrected chi connectivity index (χ3v) is 5.10. The van der Waals surface area contributed by atoms with Gasteiger partial charge in [-0.05, 0) is 54.5 Å². The molecule has 1 heteroatoms. The summed E-state index contributed by atoms with van der Waals surface area (Å²) in [6, 6.07) is 20.0. The molecule has 102 valence electrons. The van der Waals surface area contributed by atoms with Crippen molar-refractivity contribution >= 4 is 0 Å². The van der Waals surface area contributed by atoms with Crippen LogP contribution in [0.3, 0.4) is 0 Å². The Kier molecular flexibility index (Phi) is 3.08. The predicted molar refractivity (Wildman–Crippen MR) is 83.8 cm³/mol. The lowest BCUT2D eigenvalue weighted by Crippen LogP contribution is -2.46. The number of fused-ring (bicyclic) bond motifs is 3. The number of nitrogens with zero attached hydrogens (tertiary/aromatic N) is 1. The average Bonchev–Trinajstić information content (AvgIpc) is 2.57. The largest absolute Gasteiger partial charge is 0.303 e. The van der Waals surface area contributed by atoms with Crippen LogP contribution in [0.4, 0.5) is 0 Å². The van der Waals surface area contributed by atoms with Crippen molar-refractivity contribution in [3.63, 3.8) is 0 Å². The molecule has 2 aromatic carbocycles. The Labute approximate surface area is 121 Å². The van der Waals surface area contributed by atoms with Gasteiger partial charge in [-0.15, -0.1) is 0 Å². The second-order valence-electron chi connectivity index (χ2n) is 6.23. The quantitative estimate of drug-likeness (QED) is 0.786. The normalized spacial score (nSPS) is 28.5. The van der Waals surface area contributed by atoms with Crippen molar-refractivity contribution in [1.29, 1.82) is 0 Å². The summed E-state index contributed by atoms with van der Waals surface area (Å²) in [4.78, 5) is 2.63. The van der Waals surface area contributed by atoms with E-state index in [1.54, 1.807) is 5.56 Å². The highest BCUT2D eigenvalue weighted by molar-refractivity contribution is 5.63. The van der Waals surface area contributed by atoms with Gasteiger partial charge in [0.1, 0.15) is 0 Å². The lowest BCUT2D eigenvalue weighted by atomic mass is 9.75. The standard InChI is InChI=1S/C19H21N/c1-2-4-15(5-3-1)16-6-8-17(9-7-16)19-14-20-12-10-18(19)11-13-20/h1-9,18-19H,10-14H2/t19-/m1/s1. The van der Waals surface area contributed by atoms with E-state index < -0.39 is 0 Å². The topological polar surface area (TPSA) is 3.24 Å². The third-order valence-electron chi connectivity index (χ3n) is 5.10. The molecule has 0 spiro atoms. The molecule has 5 rings (SSSR count). The fourth-order valence-electron chi connectivity index (χ4n) is 3.90. The van der Waals surface area contributed by atoms with Crippen molar-refractivity contribution < 1.29 is 0 Å². The van der Waals surface area contributed by atoms with E-state index in [9.17, 15) is 0 Å². The minimum Gasteiger partial charge on any atom is -0.303 e. The number of hydrogen-bond donors (Lipinski definition) is 0. The van der Waals surface area contributed by atoms with Crippen LogP contribution >= 0.6 is 0 Å². The SMILES string of the molecule is c1ccc(-c2ccc([C@H]3CN4CCC3CC4)cc2)cc1. The van der Waals surface area contributed by atoms with Gasteiger partial charge in [-0.3, -0.25) is 0 Å². The summed E-state index contributed by atoms with van der Waals surface area (Å²) in [7, 11) is 0. The molecular formula is C19H21N. The summed E-state index contributed by atoms with van der Waals surface area (Å²) in [5, 5.41) is 0. The number of hydrogen-bond acceptors (Lipinski definition) is 1. The van der Waals surface area contributed by atoms with Gasteiger partial charge >= 0.3 is 0 Å². The molecule has 3 fully saturated rings.